The van der Waals surface area contributed by atoms with Crippen molar-refractivity contribution in [3.63, 3.8) is 0 Å². The summed E-state index contributed by atoms with van der Waals surface area (Å²) in [5.74, 6) is -1.90. The topological polar surface area (TPSA) is 69.4 Å². The molecule has 4 rings (SSSR count). The SMILES string of the molecule is Cc1c(C(=O)Oc2ncccc2F)nc2n1-c1ccc(C(F)(F)F)cc1C=NC2C. The molecule has 1 aliphatic rings. The van der Waals surface area contributed by atoms with Gasteiger partial charge >= 0.3 is 12.1 Å². The predicted octanol–water partition coefficient (Wildman–Crippen LogP) is 4.45. The number of hydrogen-bond acceptors (Lipinski definition) is 5. The van der Waals surface area contributed by atoms with Gasteiger partial charge < -0.3 is 4.74 Å². The fraction of sp³-hybridized carbons (Fsp3) is 0.200. The fourth-order valence-electron chi connectivity index (χ4n) is 3.18. The number of carbonyl (C=O) groups excluding carboxylic acids is 1. The van der Waals surface area contributed by atoms with Gasteiger partial charge in [0.1, 0.15) is 11.9 Å². The van der Waals surface area contributed by atoms with Gasteiger partial charge in [-0.05, 0) is 44.2 Å². The van der Waals surface area contributed by atoms with Crippen LogP contribution in [0.5, 0.6) is 5.88 Å². The normalized spacial score (nSPS) is 15.3. The van der Waals surface area contributed by atoms with Gasteiger partial charge in [0.05, 0.1) is 16.9 Å². The standard InChI is InChI=1S/C20H14F4N4O2/c1-10-17-27-16(19(29)30-18-14(21)4-3-7-25-18)11(2)28(17)15-6-5-13(20(22,23)24)8-12(15)9-26-10/h3-10H,1-2H3. The molecule has 0 saturated carbocycles. The summed E-state index contributed by atoms with van der Waals surface area (Å²) >= 11 is 0. The Morgan fingerprint density at radius 3 is 2.70 bits per heavy atom. The average molecular weight is 418 g/mol. The van der Waals surface area contributed by atoms with Gasteiger partial charge in [-0.3, -0.25) is 9.56 Å². The largest absolute Gasteiger partial charge is 0.416 e. The van der Waals surface area contributed by atoms with Crippen molar-refractivity contribution in [2.45, 2.75) is 26.1 Å². The summed E-state index contributed by atoms with van der Waals surface area (Å²) in [4.78, 5) is 24.8. The lowest BCUT2D eigenvalue weighted by atomic mass is 10.1. The molecule has 3 heterocycles. The van der Waals surface area contributed by atoms with Crippen LogP contribution in [0.1, 0.15) is 46.1 Å². The van der Waals surface area contributed by atoms with Crippen LogP contribution < -0.4 is 4.74 Å². The van der Waals surface area contributed by atoms with Gasteiger partial charge in [0, 0.05) is 18.0 Å². The van der Waals surface area contributed by atoms with Gasteiger partial charge in [-0.2, -0.15) is 13.2 Å². The van der Waals surface area contributed by atoms with E-state index < -0.39 is 35.4 Å². The number of carbonyl (C=O) groups is 1. The predicted molar refractivity (Wildman–Crippen MR) is 98.5 cm³/mol. The van der Waals surface area contributed by atoms with Crippen LogP contribution in [0.25, 0.3) is 5.69 Å². The molecule has 30 heavy (non-hydrogen) atoms. The van der Waals surface area contributed by atoms with Crippen molar-refractivity contribution in [1.29, 1.82) is 0 Å². The highest BCUT2D eigenvalue weighted by molar-refractivity contribution is 5.91. The van der Waals surface area contributed by atoms with E-state index in [4.69, 9.17) is 4.74 Å². The minimum absolute atomic E-state index is 0.107. The van der Waals surface area contributed by atoms with Crippen LogP contribution in [0.15, 0.2) is 41.5 Å². The molecule has 0 aliphatic carbocycles. The molecule has 1 atom stereocenters. The van der Waals surface area contributed by atoms with Gasteiger partial charge in [-0.15, -0.1) is 0 Å². The summed E-state index contributed by atoms with van der Waals surface area (Å²) < 4.78 is 59.6. The number of pyridine rings is 1. The quantitative estimate of drug-likeness (QED) is 0.456. The molecule has 0 N–H and O–H groups in total. The fourth-order valence-corrected chi connectivity index (χ4v) is 3.18. The molecule has 1 aromatic carbocycles. The Morgan fingerprint density at radius 1 is 1.23 bits per heavy atom. The molecular formula is C20H14F4N4O2. The number of alkyl halides is 3. The molecule has 154 valence electrons. The maximum Gasteiger partial charge on any atom is 0.416 e. The molecule has 10 heteroatoms. The van der Waals surface area contributed by atoms with Crippen LogP contribution in [0.3, 0.4) is 0 Å². The number of aliphatic imine (C=N–C) groups is 1. The third kappa shape index (κ3) is 3.34. The van der Waals surface area contributed by atoms with E-state index in [1.54, 1.807) is 18.4 Å². The zero-order chi connectivity index (χ0) is 21.6. The minimum Gasteiger partial charge on any atom is -0.399 e. The maximum atomic E-state index is 13.8. The Morgan fingerprint density at radius 2 is 2.00 bits per heavy atom. The summed E-state index contributed by atoms with van der Waals surface area (Å²) in [6, 6.07) is 5.14. The van der Waals surface area contributed by atoms with Crippen molar-refractivity contribution in [2.75, 3.05) is 0 Å². The molecule has 0 radical (unpaired) electrons. The van der Waals surface area contributed by atoms with Crippen molar-refractivity contribution < 1.29 is 27.1 Å². The highest BCUT2D eigenvalue weighted by Crippen LogP contribution is 2.34. The van der Waals surface area contributed by atoms with Crippen molar-refractivity contribution in [3.8, 4) is 11.6 Å². The molecular weight excluding hydrogens is 404 g/mol. The molecule has 1 unspecified atom stereocenters. The van der Waals surface area contributed by atoms with Crippen LogP contribution in [-0.2, 0) is 6.18 Å². The number of aromatic nitrogens is 3. The molecule has 0 saturated heterocycles. The van der Waals surface area contributed by atoms with E-state index in [1.165, 1.54) is 24.5 Å². The van der Waals surface area contributed by atoms with Crippen molar-refractivity contribution in [3.05, 3.63) is 70.7 Å². The second kappa shape index (κ2) is 7.05. The van der Waals surface area contributed by atoms with Gasteiger partial charge in [0.2, 0.25) is 0 Å². The molecule has 3 aromatic rings. The van der Waals surface area contributed by atoms with Crippen LogP contribution in [-0.4, -0.2) is 26.7 Å². The van der Waals surface area contributed by atoms with Gasteiger partial charge in [0.15, 0.2) is 11.5 Å². The Balaban J connectivity index is 1.80. The smallest absolute Gasteiger partial charge is 0.399 e. The first-order valence-electron chi connectivity index (χ1n) is 8.83. The third-order valence-corrected chi connectivity index (χ3v) is 4.65. The Kier molecular flexibility index (Phi) is 4.64. The molecule has 0 amide bonds. The lowest BCUT2D eigenvalue weighted by Gasteiger charge is -2.14. The number of hydrogen-bond donors (Lipinski definition) is 0. The summed E-state index contributed by atoms with van der Waals surface area (Å²) in [5, 5.41) is 0. The van der Waals surface area contributed by atoms with E-state index in [-0.39, 0.29) is 11.3 Å². The van der Waals surface area contributed by atoms with Gasteiger partial charge in [-0.25, -0.2) is 19.2 Å². The van der Waals surface area contributed by atoms with Gasteiger partial charge in [-0.1, -0.05) is 0 Å². The average Bonchev–Trinajstić information content (AvgIpc) is 2.97. The van der Waals surface area contributed by atoms with Crippen LogP contribution in [0, 0.1) is 12.7 Å². The number of rotatable bonds is 2. The molecule has 6 nitrogen and oxygen atoms in total. The zero-order valence-corrected chi connectivity index (χ0v) is 15.7. The van der Waals surface area contributed by atoms with Gasteiger partial charge in [0.25, 0.3) is 5.88 Å². The monoisotopic (exact) mass is 418 g/mol. The summed E-state index contributed by atoms with van der Waals surface area (Å²) in [6.45, 7) is 3.26. The van der Waals surface area contributed by atoms with Crippen molar-refractivity contribution >= 4 is 12.2 Å². The first kappa shape index (κ1) is 19.7. The highest BCUT2D eigenvalue weighted by atomic mass is 19.4. The minimum atomic E-state index is -4.50. The van der Waals surface area contributed by atoms with E-state index in [2.05, 4.69) is 15.0 Å². The molecule has 2 aromatic heterocycles. The summed E-state index contributed by atoms with van der Waals surface area (Å²) in [6.07, 6.45) is -1.88. The number of benzene rings is 1. The molecule has 0 spiro atoms. The number of nitrogens with zero attached hydrogens (tertiary/aromatic N) is 4. The molecule has 0 fully saturated rings. The maximum absolute atomic E-state index is 13.8. The second-order valence-electron chi connectivity index (χ2n) is 6.64. The highest BCUT2D eigenvalue weighted by Gasteiger charge is 2.33. The first-order chi connectivity index (χ1) is 14.2. The van der Waals surface area contributed by atoms with Crippen molar-refractivity contribution in [2.24, 2.45) is 4.99 Å². The lowest BCUT2D eigenvalue weighted by Crippen LogP contribution is -2.13. The number of ether oxygens (including phenoxy) is 1. The molecule has 1 aliphatic heterocycles. The summed E-state index contributed by atoms with van der Waals surface area (Å²) in [5.41, 5.74) is 0.0205. The van der Waals surface area contributed by atoms with E-state index in [9.17, 15) is 22.4 Å². The molecule has 0 bridgehead atoms. The Hall–Kier alpha value is -3.56. The van der Waals surface area contributed by atoms with Crippen LogP contribution >= 0.6 is 0 Å². The van der Waals surface area contributed by atoms with Crippen molar-refractivity contribution in [1.82, 2.24) is 14.5 Å². The second-order valence-corrected chi connectivity index (χ2v) is 6.64. The first-order valence-corrected chi connectivity index (χ1v) is 8.83. The van der Waals surface area contributed by atoms with Crippen LogP contribution in [0.4, 0.5) is 17.6 Å². The van der Waals surface area contributed by atoms with E-state index in [0.717, 1.165) is 18.2 Å². The van der Waals surface area contributed by atoms with E-state index in [1.807, 2.05) is 0 Å². The number of esters is 1. The van der Waals surface area contributed by atoms with E-state index in [0.29, 0.717) is 17.2 Å². The number of halogens is 4. The summed E-state index contributed by atoms with van der Waals surface area (Å²) in [7, 11) is 0. The third-order valence-electron chi connectivity index (χ3n) is 4.65. The lowest BCUT2D eigenvalue weighted by molar-refractivity contribution is -0.137. The number of fused-ring (bicyclic) bond motifs is 3. The van der Waals surface area contributed by atoms with E-state index >= 15 is 0 Å². The van der Waals surface area contributed by atoms with Crippen LogP contribution in [0.2, 0.25) is 0 Å². The Bertz CT molecular complexity index is 1180. The Labute approximate surface area is 167 Å². The zero-order valence-electron chi connectivity index (χ0n) is 15.7. The number of imidazole rings is 1.